The van der Waals surface area contributed by atoms with E-state index in [1.807, 2.05) is 0 Å². The fraction of sp³-hybridized carbons (Fsp3) is 0.267. The van der Waals surface area contributed by atoms with Gasteiger partial charge in [0.15, 0.2) is 16.5 Å². The lowest BCUT2D eigenvalue weighted by Gasteiger charge is -2.09. The van der Waals surface area contributed by atoms with Crippen LogP contribution in [0.15, 0.2) is 35.1 Å². The molecule has 0 fully saturated rings. The molecule has 2 aromatic rings. The number of aromatic nitrogens is 3. The minimum atomic E-state index is -1.40. The molecule has 1 aliphatic rings. The molecule has 0 saturated heterocycles. The fourth-order valence-electron chi connectivity index (χ4n) is 2.25. The van der Waals surface area contributed by atoms with Gasteiger partial charge >= 0.3 is 5.97 Å². The summed E-state index contributed by atoms with van der Waals surface area (Å²) in [5, 5.41) is 20.3. The van der Waals surface area contributed by atoms with Crippen molar-refractivity contribution in [1.29, 1.82) is 0 Å². The van der Waals surface area contributed by atoms with E-state index in [1.165, 1.54) is 0 Å². The van der Waals surface area contributed by atoms with Crippen molar-refractivity contribution in [2.24, 2.45) is 0 Å². The summed E-state index contributed by atoms with van der Waals surface area (Å²) in [5.41, 5.74) is 1.40. The smallest absolute Gasteiger partial charge is 0.354 e. The third-order valence-electron chi connectivity index (χ3n) is 3.51. The topological polar surface area (TPSA) is 108 Å². The molecule has 132 valence electrons. The SMILES string of the molecule is COc1ccc(-n2cc(CNC3=C(Cl)C(=O)OC3O)nn2)cc1OC. The van der Waals surface area contributed by atoms with Crippen molar-refractivity contribution in [3.63, 3.8) is 0 Å². The zero-order valence-electron chi connectivity index (χ0n) is 13.4. The van der Waals surface area contributed by atoms with Gasteiger partial charge in [0.2, 0.25) is 6.29 Å². The van der Waals surface area contributed by atoms with Gasteiger partial charge in [0, 0.05) is 6.07 Å². The number of carbonyl (C=O) groups is 1. The van der Waals surface area contributed by atoms with Crippen molar-refractivity contribution in [2.75, 3.05) is 14.2 Å². The first-order valence-corrected chi connectivity index (χ1v) is 7.57. The van der Waals surface area contributed by atoms with Crippen LogP contribution in [0.4, 0.5) is 0 Å². The Labute approximate surface area is 147 Å². The molecule has 25 heavy (non-hydrogen) atoms. The second kappa shape index (κ2) is 6.99. The lowest BCUT2D eigenvalue weighted by molar-refractivity contribution is -0.151. The van der Waals surface area contributed by atoms with Crippen LogP contribution in [0.3, 0.4) is 0 Å². The summed E-state index contributed by atoms with van der Waals surface area (Å²) in [6, 6.07) is 5.33. The van der Waals surface area contributed by atoms with E-state index in [1.54, 1.807) is 43.3 Å². The molecule has 2 heterocycles. The molecule has 0 aliphatic carbocycles. The third kappa shape index (κ3) is 3.37. The highest BCUT2D eigenvalue weighted by Gasteiger charge is 2.31. The van der Waals surface area contributed by atoms with Crippen molar-refractivity contribution in [3.05, 3.63) is 40.8 Å². The quantitative estimate of drug-likeness (QED) is 0.719. The van der Waals surface area contributed by atoms with E-state index >= 15 is 0 Å². The van der Waals surface area contributed by atoms with Gasteiger partial charge in [-0.25, -0.2) is 9.48 Å². The predicted octanol–water partition coefficient (Wildman–Crippen LogP) is 0.700. The molecule has 2 N–H and O–H groups in total. The Morgan fingerprint density at radius 2 is 2.12 bits per heavy atom. The zero-order chi connectivity index (χ0) is 18.0. The number of ether oxygens (including phenoxy) is 3. The van der Waals surface area contributed by atoms with E-state index < -0.39 is 12.3 Å². The number of halogens is 1. The van der Waals surface area contributed by atoms with Gasteiger partial charge in [0.1, 0.15) is 11.4 Å². The molecule has 0 radical (unpaired) electrons. The van der Waals surface area contributed by atoms with Crippen LogP contribution in [-0.4, -0.2) is 46.6 Å². The van der Waals surface area contributed by atoms with Gasteiger partial charge in [-0.2, -0.15) is 0 Å². The van der Waals surface area contributed by atoms with Crippen LogP contribution in [-0.2, 0) is 16.1 Å². The largest absolute Gasteiger partial charge is 0.493 e. The second-order valence-electron chi connectivity index (χ2n) is 5.03. The zero-order valence-corrected chi connectivity index (χ0v) is 14.1. The van der Waals surface area contributed by atoms with Gasteiger partial charge in [-0.3, -0.25) is 0 Å². The Kier molecular flexibility index (Phi) is 4.77. The highest BCUT2D eigenvalue weighted by atomic mass is 35.5. The van der Waals surface area contributed by atoms with Gasteiger partial charge in [0.25, 0.3) is 0 Å². The lowest BCUT2D eigenvalue weighted by atomic mass is 10.3. The summed E-state index contributed by atoms with van der Waals surface area (Å²) in [6.45, 7) is 0.201. The molecule has 1 atom stereocenters. The van der Waals surface area contributed by atoms with E-state index in [9.17, 15) is 9.90 Å². The molecular weight excluding hydrogens is 352 g/mol. The maximum absolute atomic E-state index is 11.2. The molecule has 0 saturated carbocycles. The maximum atomic E-state index is 11.2. The first kappa shape index (κ1) is 17.1. The van der Waals surface area contributed by atoms with Crippen LogP contribution in [0.1, 0.15) is 5.69 Å². The Morgan fingerprint density at radius 1 is 1.36 bits per heavy atom. The maximum Gasteiger partial charge on any atom is 0.354 e. The molecule has 1 aliphatic heterocycles. The summed E-state index contributed by atoms with van der Waals surface area (Å²) in [6.07, 6.45) is 0.285. The monoisotopic (exact) mass is 366 g/mol. The number of aliphatic hydroxyl groups is 1. The van der Waals surface area contributed by atoms with Crippen molar-refractivity contribution in [1.82, 2.24) is 20.3 Å². The van der Waals surface area contributed by atoms with Gasteiger partial charge in [-0.05, 0) is 12.1 Å². The first-order chi connectivity index (χ1) is 12.0. The number of benzene rings is 1. The second-order valence-corrected chi connectivity index (χ2v) is 5.41. The summed E-state index contributed by atoms with van der Waals surface area (Å²) >= 11 is 5.77. The number of nitrogens with one attached hydrogen (secondary N) is 1. The Bertz CT molecular complexity index is 835. The van der Waals surface area contributed by atoms with Crippen LogP contribution in [0, 0.1) is 0 Å². The predicted molar refractivity (Wildman–Crippen MR) is 86.3 cm³/mol. The number of esters is 1. The summed E-state index contributed by atoms with van der Waals surface area (Å²) in [7, 11) is 3.11. The molecule has 9 nitrogen and oxygen atoms in total. The number of methoxy groups -OCH3 is 2. The molecule has 1 aromatic heterocycles. The molecule has 1 aromatic carbocycles. The summed E-state index contributed by atoms with van der Waals surface area (Å²) in [5.74, 6) is 0.400. The highest BCUT2D eigenvalue weighted by Crippen LogP contribution is 2.28. The average Bonchev–Trinajstić information content (AvgIpc) is 3.18. The number of hydrogen-bond acceptors (Lipinski definition) is 8. The van der Waals surface area contributed by atoms with Gasteiger partial charge in [-0.1, -0.05) is 16.8 Å². The van der Waals surface area contributed by atoms with E-state index in [0.717, 1.165) is 5.69 Å². The minimum Gasteiger partial charge on any atom is -0.493 e. The van der Waals surface area contributed by atoms with Crippen LogP contribution in [0.5, 0.6) is 11.5 Å². The number of cyclic esters (lactones) is 1. The molecule has 10 heteroatoms. The minimum absolute atomic E-state index is 0.104. The van der Waals surface area contributed by atoms with Crippen molar-refractivity contribution < 1.29 is 24.1 Å². The Morgan fingerprint density at radius 3 is 2.76 bits per heavy atom. The molecule has 0 bridgehead atoms. The molecule has 1 unspecified atom stereocenters. The Balaban J connectivity index is 1.74. The molecule has 3 rings (SSSR count). The number of carbonyl (C=O) groups excluding carboxylic acids is 1. The van der Waals surface area contributed by atoms with Crippen LogP contribution in [0.2, 0.25) is 0 Å². The van der Waals surface area contributed by atoms with Crippen molar-refractivity contribution >= 4 is 17.6 Å². The van der Waals surface area contributed by atoms with Crippen molar-refractivity contribution in [3.8, 4) is 17.2 Å². The standard InChI is InChI=1S/C15H15ClN4O5/c1-23-10-4-3-9(5-11(10)24-2)20-7-8(18-19-20)6-17-13-12(16)14(21)25-15(13)22/h3-5,7,15,17,22H,6H2,1-2H3. The van der Waals surface area contributed by atoms with E-state index in [-0.39, 0.29) is 17.3 Å². The number of rotatable bonds is 6. The fourth-order valence-corrected chi connectivity index (χ4v) is 2.46. The summed E-state index contributed by atoms with van der Waals surface area (Å²) in [4.78, 5) is 11.2. The normalized spacial score (nSPS) is 16.8. The third-order valence-corrected chi connectivity index (χ3v) is 3.87. The highest BCUT2D eigenvalue weighted by molar-refractivity contribution is 6.42. The first-order valence-electron chi connectivity index (χ1n) is 7.19. The molecule has 0 spiro atoms. The van der Waals surface area contributed by atoms with E-state index in [2.05, 4.69) is 20.4 Å². The van der Waals surface area contributed by atoms with Crippen LogP contribution >= 0.6 is 11.6 Å². The van der Waals surface area contributed by atoms with Crippen molar-refractivity contribution in [2.45, 2.75) is 12.8 Å². The molecular formula is C15H15ClN4O5. The Hall–Kier alpha value is -2.78. The lowest BCUT2D eigenvalue weighted by Crippen LogP contribution is -2.22. The number of hydrogen-bond donors (Lipinski definition) is 2. The average molecular weight is 367 g/mol. The van der Waals surface area contributed by atoms with Crippen LogP contribution < -0.4 is 14.8 Å². The number of aliphatic hydroxyl groups excluding tert-OH is 1. The van der Waals surface area contributed by atoms with Crippen LogP contribution in [0.25, 0.3) is 5.69 Å². The molecule has 0 amide bonds. The van der Waals surface area contributed by atoms with E-state index in [0.29, 0.717) is 17.2 Å². The summed E-state index contributed by atoms with van der Waals surface area (Å²) < 4.78 is 16.6. The van der Waals surface area contributed by atoms with Gasteiger partial charge < -0.3 is 24.6 Å². The van der Waals surface area contributed by atoms with E-state index in [4.69, 9.17) is 21.1 Å². The number of nitrogens with zero attached hydrogens (tertiary/aromatic N) is 3. The van der Waals surface area contributed by atoms with Gasteiger partial charge in [-0.15, -0.1) is 5.10 Å². The van der Waals surface area contributed by atoms with Gasteiger partial charge in [0.05, 0.1) is 32.6 Å².